The van der Waals surface area contributed by atoms with Gasteiger partial charge in [0, 0.05) is 12.2 Å². The monoisotopic (exact) mass is 257 g/mol. The molecule has 1 unspecified atom stereocenters. The SMILES string of the molecule is CCOC(=O)c1ccc(NCC(O)CCl)cc1. The molecule has 17 heavy (non-hydrogen) atoms. The molecule has 0 aliphatic rings. The van der Waals surface area contributed by atoms with Crippen molar-refractivity contribution in [2.75, 3.05) is 24.3 Å². The van der Waals surface area contributed by atoms with Crippen molar-refractivity contribution in [2.24, 2.45) is 0 Å². The number of carbonyl (C=O) groups excluding carboxylic acids is 1. The summed E-state index contributed by atoms with van der Waals surface area (Å²) in [5.74, 6) is -0.145. The van der Waals surface area contributed by atoms with Crippen molar-refractivity contribution in [3.05, 3.63) is 29.8 Å². The molecule has 0 spiro atoms. The van der Waals surface area contributed by atoms with E-state index in [9.17, 15) is 9.90 Å². The quantitative estimate of drug-likeness (QED) is 0.603. The van der Waals surface area contributed by atoms with Crippen LogP contribution in [-0.4, -0.2) is 36.2 Å². The van der Waals surface area contributed by atoms with Gasteiger partial charge in [-0.15, -0.1) is 11.6 Å². The molecular weight excluding hydrogens is 242 g/mol. The number of nitrogens with one attached hydrogen (secondary N) is 1. The molecule has 0 saturated carbocycles. The smallest absolute Gasteiger partial charge is 0.338 e. The van der Waals surface area contributed by atoms with Gasteiger partial charge in [0.1, 0.15) is 0 Å². The van der Waals surface area contributed by atoms with E-state index in [0.29, 0.717) is 18.7 Å². The highest BCUT2D eigenvalue weighted by Gasteiger charge is 2.06. The van der Waals surface area contributed by atoms with Gasteiger partial charge in [-0.05, 0) is 31.2 Å². The molecule has 0 aromatic heterocycles. The first-order chi connectivity index (χ1) is 8.17. The number of aliphatic hydroxyl groups is 1. The third-order valence-electron chi connectivity index (χ3n) is 2.12. The van der Waals surface area contributed by atoms with Gasteiger partial charge in [-0.2, -0.15) is 0 Å². The minimum atomic E-state index is -0.582. The van der Waals surface area contributed by atoms with Crippen molar-refractivity contribution in [3.63, 3.8) is 0 Å². The van der Waals surface area contributed by atoms with Crippen molar-refractivity contribution < 1.29 is 14.6 Å². The number of rotatable bonds is 6. The van der Waals surface area contributed by atoms with Crippen LogP contribution in [0.5, 0.6) is 0 Å². The first-order valence-corrected chi connectivity index (χ1v) is 5.96. The van der Waals surface area contributed by atoms with E-state index in [0.717, 1.165) is 5.69 Å². The second kappa shape index (κ2) is 7.14. The van der Waals surface area contributed by atoms with E-state index in [-0.39, 0.29) is 11.8 Å². The lowest BCUT2D eigenvalue weighted by Crippen LogP contribution is -2.20. The largest absolute Gasteiger partial charge is 0.462 e. The Bertz CT molecular complexity index is 353. The van der Waals surface area contributed by atoms with Crippen molar-refractivity contribution in [2.45, 2.75) is 13.0 Å². The number of aliphatic hydroxyl groups excluding tert-OH is 1. The molecule has 94 valence electrons. The van der Waals surface area contributed by atoms with E-state index in [2.05, 4.69) is 5.32 Å². The fourth-order valence-electron chi connectivity index (χ4n) is 1.23. The van der Waals surface area contributed by atoms with Gasteiger partial charge >= 0.3 is 5.97 Å². The number of ether oxygens (including phenoxy) is 1. The molecule has 0 amide bonds. The van der Waals surface area contributed by atoms with Crippen LogP contribution in [-0.2, 0) is 4.74 Å². The number of anilines is 1. The van der Waals surface area contributed by atoms with E-state index in [4.69, 9.17) is 16.3 Å². The zero-order chi connectivity index (χ0) is 12.7. The van der Waals surface area contributed by atoms with E-state index in [1.807, 2.05) is 0 Å². The molecule has 0 fully saturated rings. The van der Waals surface area contributed by atoms with Crippen molar-refractivity contribution in [1.82, 2.24) is 0 Å². The first kappa shape index (κ1) is 13.8. The third-order valence-corrected chi connectivity index (χ3v) is 2.47. The second-order valence-electron chi connectivity index (χ2n) is 3.49. The molecule has 0 aliphatic heterocycles. The number of halogens is 1. The maximum absolute atomic E-state index is 11.4. The molecular formula is C12H16ClNO3. The minimum absolute atomic E-state index is 0.188. The van der Waals surface area contributed by atoms with Gasteiger partial charge < -0.3 is 15.2 Å². The van der Waals surface area contributed by atoms with E-state index in [1.165, 1.54) is 0 Å². The molecule has 0 saturated heterocycles. The summed E-state index contributed by atoms with van der Waals surface area (Å²) in [7, 11) is 0. The Balaban J connectivity index is 2.53. The van der Waals surface area contributed by atoms with Crippen LogP contribution in [0.15, 0.2) is 24.3 Å². The Morgan fingerprint density at radius 1 is 1.47 bits per heavy atom. The maximum atomic E-state index is 11.4. The standard InChI is InChI=1S/C12H16ClNO3/c1-2-17-12(16)9-3-5-10(6-4-9)14-8-11(15)7-13/h3-6,11,14-15H,2,7-8H2,1H3. The van der Waals surface area contributed by atoms with E-state index < -0.39 is 6.10 Å². The van der Waals surface area contributed by atoms with Gasteiger partial charge in [0.2, 0.25) is 0 Å². The Labute approximate surface area is 106 Å². The van der Waals surface area contributed by atoms with Gasteiger partial charge in [-0.25, -0.2) is 4.79 Å². The third kappa shape index (κ3) is 4.63. The maximum Gasteiger partial charge on any atom is 0.338 e. The van der Waals surface area contributed by atoms with Crippen LogP contribution in [0.2, 0.25) is 0 Å². The van der Waals surface area contributed by atoms with Crippen LogP contribution in [0.25, 0.3) is 0 Å². The molecule has 5 heteroatoms. The number of hydrogen-bond donors (Lipinski definition) is 2. The molecule has 4 nitrogen and oxygen atoms in total. The zero-order valence-electron chi connectivity index (χ0n) is 9.65. The number of hydrogen-bond acceptors (Lipinski definition) is 4. The second-order valence-corrected chi connectivity index (χ2v) is 3.80. The van der Waals surface area contributed by atoms with Crippen molar-refractivity contribution in [3.8, 4) is 0 Å². The predicted octanol–water partition coefficient (Wildman–Crippen LogP) is 1.87. The number of carbonyl (C=O) groups is 1. The summed E-state index contributed by atoms with van der Waals surface area (Å²) in [6.07, 6.45) is -0.582. The summed E-state index contributed by atoms with van der Waals surface area (Å²) in [5.41, 5.74) is 1.33. The summed E-state index contributed by atoms with van der Waals surface area (Å²) >= 11 is 5.47. The van der Waals surface area contributed by atoms with E-state index in [1.54, 1.807) is 31.2 Å². The van der Waals surface area contributed by atoms with Crippen LogP contribution in [0.1, 0.15) is 17.3 Å². The fourth-order valence-corrected chi connectivity index (χ4v) is 1.34. The summed E-state index contributed by atoms with van der Waals surface area (Å²) in [6, 6.07) is 6.86. The van der Waals surface area contributed by atoms with Gasteiger partial charge in [0.15, 0.2) is 0 Å². The molecule has 0 aliphatic carbocycles. The average molecular weight is 258 g/mol. The predicted molar refractivity (Wildman–Crippen MR) is 67.6 cm³/mol. The normalized spacial score (nSPS) is 11.9. The van der Waals surface area contributed by atoms with Crippen LogP contribution >= 0.6 is 11.6 Å². The highest BCUT2D eigenvalue weighted by Crippen LogP contribution is 2.10. The van der Waals surface area contributed by atoms with Crippen LogP contribution in [0.3, 0.4) is 0 Å². The lowest BCUT2D eigenvalue weighted by Gasteiger charge is -2.10. The molecule has 1 aromatic carbocycles. The van der Waals surface area contributed by atoms with Crippen molar-refractivity contribution in [1.29, 1.82) is 0 Å². The van der Waals surface area contributed by atoms with E-state index >= 15 is 0 Å². The zero-order valence-corrected chi connectivity index (χ0v) is 10.4. The molecule has 1 rings (SSSR count). The summed E-state index contributed by atoms with van der Waals surface area (Å²) < 4.78 is 4.87. The lowest BCUT2D eigenvalue weighted by atomic mass is 10.2. The van der Waals surface area contributed by atoms with Gasteiger partial charge in [0.25, 0.3) is 0 Å². The highest BCUT2D eigenvalue weighted by atomic mass is 35.5. The van der Waals surface area contributed by atoms with Crippen molar-refractivity contribution >= 4 is 23.3 Å². The molecule has 1 aromatic rings. The topological polar surface area (TPSA) is 58.6 Å². The Morgan fingerprint density at radius 3 is 2.65 bits per heavy atom. The molecule has 0 heterocycles. The summed E-state index contributed by atoms with van der Waals surface area (Å²) in [4.78, 5) is 11.4. The lowest BCUT2D eigenvalue weighted by molar-refractivity contribution is 0.0526. The fraction of sp³-hybridized carbons (Fsp3) is 0.417. The Kier molecular flexibility index (Phi) is 5.80. The molecule has 2 N–H and O–H groups in total. The summed E-state index contributed by atoms with van der Waals surface area (Å²) in [5, 5.41) is 12.3. The van der Waals surface area contributed by atoms with Gasteiger partial charge in [-0.1, -0.05) is 0 Å². The molecule has 1 atom stereocenters. The van der Waals surface area contributed by atoms with Crippen LogP contribution in [0.4, 0.5) is 5.69 Å². The van der Waals surface area contributed by atoms with Gasteiger partial charge in [0.05, 0.1) is 24.2 Å². The highest BCUT2D eigenvalue weighted by molar-refractivity contribution is 6.18. The van der Waals surface area contributed by atoms with Crippen LogP contribution < -0.4 is 5.32 Å². The average Bonchev–Trinajstić information content (AvgIpc) is 2.36. The number of alkyl halides is 1. The summed E-state index contributed by atoms with van der Waals surface area (Å²) in [6.45, 7) is 2.50. The Morgan fingerprint density at radius 2 is 2.12 bits per heavy atom. The molecule has 0 radical (unpaired) electrons. The number of esters is 1. The molecule has 0 bridgehead atoms. The minimum Gasteiger partial charge on any atom is -0.462 e. The first-order valence-electron chi connectivity index (χ1n) is 5.42. The Hall–Kier alpha value is -1.26. The van der Waals surface area contributed by atoms with Crippen LogP contribution in [0, 0.1) is 0 Å². The van der Waals surface area contributed by atoms with Gasteiger partial charge in [-0.3, -0.25) is 0 Å². The number of benzene rings is 1.